The summed E-state index contributed by atoms with van der Waals surface area (Å²) in [6.07, 6.45) is 4.47. The number of aryl methyl sites for hydroxylation is 2. The third-order valence-electron chi connectivity index (χ3n) is 3.92. The average molecular weight is 303 g/mol. The molecule has 0 aliphatic heterocycles. The number of furan rings is 1. The molecule has 3 rings (SSSR count). The lowest BCUT2D eigenvalue weighted by Gasteiger charge is -2.09. The van der Waals surface area contributed by atoms with E-state index < -0.39 is 0 Å². The molecule has 0 bridgehead atoms. The maximum Gasteiger partial charge on any atom is 0.258 e. The minimum absolute atomic E-state index is 0.00919. The van der Waals surface area contributed by atoms with Crippen LogP contribution >= 0.6 is 0 Å². The number of carbonyl (C=O) groups is 1. The van der Waals surface area contributed by atoms with Gasteiger partial charge in [-0.25, -0.2) is 0 Å². The highest BCUT2D eigenvalue weighted by atomic mass is 16.5. The quantitative estimate of drug-likeness (QED) is 0.833. The second-order valence-corrected chi connectivity index (χ2v) is 5.50. The van der Waals surface area contributed by atoms with Crippen molar-refractivity contribution in [1.29, 1.82) is 0 Å². The fraction of sp³-hybridized carbons (Fsp3) is 0.471. The maximum atomic E-state index is 11.6. The fourth-order valence-corrected chi connectivity index (χ4v) is 2.82. The van der Waals surface area contributed by atoms with Crippen LogP contribution in [-0.2, 0) is 22.4 Å². The molecule has 0 unspecified atom stereocenters. The Morgan fingerprint density at radius 2 is 2.18 bits per heavy atom. The molecule has 1 N–H and O–H groups in total. The zero-order valence-electron chi connectivity index (χ0n) is 12.8. The molecule has 22 heavy (non-hydrogen) atoms. The maximum absolute atomic E-state index is 11.6. The summed E-state index contributed by atoms with van der Waals surface area (Å²) in [5, 5.41) is 3.85. The number of rotatable bonds is 6. The van der Waals surface area contributed by atoms with E-state index >= 15 is 0 Å². The Bertz CT molecular complexity index is 662. The van der Waals surface area contributed by atoms with E-state index in [-0.39, 0.29) is 12.5 Å². The molecule has 1 aromatic heterocycles. The minimum Gasteiger partial charge on any atom is -0.484 e. The lowest BCUT2D eigenvalue weighted by atomic mass is 9.96. The zero-order chi connectivity index (χ0) is 15.4. The lowest BCUT2D eigenvalue weighted by molar-refractivity contribution is -0.123. The summed E-state index contributed by atoms with van der Waals surface area (Å²) in [6.45, 7) is 1.00. The number of benzene rings is 1. The highest BCUT2D eigenvalue weighted by Gasteiger charge is 2.18. The van der Waals surface area contributed by atoms with Crippen molar-refractivity contribution in [2.24, 2.45) is 0 Å². The van der Waals surface area contributed by atoms with E-state index in [4.69, 9.17) is 13.9 Å². The van der Waals surface area contributed by atoms with E-state index in [1.807, 2.05) is 18.2 Å². The van der Waals surface area contributed by atoms with Crippen LogP contribution in [0.4, 0.5) is 0 Å². The van der Waals surface area contributed by atoms with Crippen molar-refractivity contribution in [3.8, 4) is 5.75 Å². The van der Waals surface area contributed by atoms with Gasteiger partial charge in [-0.2, -0.15) is 0 Å². The molecule has 0 radical (unpaired) electrons. The first-order chi connectivity index (χ1) is 10.8. The first-order valence-corrected chi connectivity index (χ1v) is 7.70. The third-order valence-corrected chi connectivity index (χ3v) is 3.92. The van der Waals surface area contributed by atoms with Crippen molar-refractivity contribution in [3.63, 3.8) is 0 Å². The van der Waals surface area contributed by atoms with Crippen molar-refractivity contribution in [3.05, 3.63) is 29.5 Å². The third kappa shape index (κ3) is 3.25. The van der Waals surface area contributed by atoms with E-state index in [0.717, 1.165) is 29.6 Å². The van der Waals surface area contributed by atoms with Crippen molar-refractivity contribution in [2.45, 2.75) is 25.7 Å². The molecule has 2 aromatic rings. The Balaban J connectivity index is 1.66. The first-order valence-electron chi connectivity index (χ1n) is 7.70. The standard InChI is InChI=1S/C17H21NO4/c1-20-9-8-18-17(19)11-21-12-6-7-16-14(10-12)13-4-2-3-5-15(13)22-16/h6-7,10H,2-5,8-9,11H2,1H3,(H,18,19). The second kappa shape index (κ2) is 6.83. The SMILES string of the molecule is COCCNC(=O)COc1ccc2oc3c(c2c1)CCCC3. The van der Waals surface area contributed by atoms with Crippen molar-refractivity contribution in [2.75, 3.05) is 26.9 Å². The van der Waals surface area contributed by atoms with Gasteiger partial charge in [-0.15, -0.1) is 0 Å². The van der Waals surface area contributed by atoms with Crippen LogP contribution in [0.5, 0.6) is 5.75 Å². The molecule has 5 heteroatoms. The van der Waals surface area contributed by atoms with Crippen LogP contribution in [-0.4, -0.2) is 32.8 Å². The molecule has 5 nitrogen and oxygen atoms in total. The molecule has 0 saturated heterocycles. The number of fused-ring (bicyclic) bond motifs is 3. The van der Waals surface area contributed by atoms with Gasteiger partial charge >= 0.3 is 0 Å². The average Bonchev–Trinajstić information content (AvgIpc) is 2.91. The number of amides is 1. The molecule has 118 valence electrons. The molecule has 1 heterocycles. The lowest BCUT2D eigenvalue weighted by Crippen LogP contribution is -2.31. The molecule has 1 aromatic carbocycles. The summed E-state index contributed by atoms with van der Waals surface area (Å²) in [5.74, 6) is 1.66. The second-order valence-electron chi connectivity index (χ2n) is 5.50. The number of hydrogen-bond donors (Lipinski definition) is 1. The van der Waals surface area contributed by atoms with E-state index in [0.29, 0.717) is 18.9 Å². The van der Waals surface area contributed by atoms with E-state index in [1.165, 1.54) is 18.4 Å². The van der Waals surface area contributed by atoms with E-state index in [9.17, 15) is 4.79 Å². The fourth-order valence-electron chi connectivity index (χ4n) is 2.82. The zero-order valence-corrected chi connectivity index (χ0v) is 12.8. The van der Waals surface area contributed by atoms with Crippen LogP contribution in [0.25, 0.3) is 11.0 Å². The molecule has 0 spiro atoms. The summed E-state index contributed by atoms with van der Waals surface area (Å²) in [7, 11) is 1.60. The van der Waals surface area contributed by atoms with Crippen LogP contribution in [0, 0.1) is 0 Å². The van der Waals surface area contributed by atoms with Gasteiger partial charge in [-0.05, 0) is 37.5 Å². The molecule has 0 fully saturated rings. The van der Waals surface area contributed by atoms with Gasteiger partial charge in [0.1, 0.15) is 17.1 Å². The number of nitrogens with one attached hydrogen (secondary N) is 1. The molecule has 1 amide bonds. The number of ether oxygens (including phenoxy) is 2. The summed E-state index contributed by atoms with van der Waals surface area (Å²) >= 11 is 0. The van der Waals surface area contributed by atoms with E-state index in [1.54, 1.807) is 7.11 Å². The molecule has 1 aliphatic rings. The summed E-state index contributed by atoms with van der Waals surface area (Å²) in [5.41, 5.74) is 2.21. The molecule has 0 atom stereocenters. The van der Waals surface area contributed by atoms with Gasteiger partial charge < -0.3 is 19.2 Å². The topological polar surface area (TPSA) is 60.7 Å². The van der Waals surface area contributed by atoms with Gasteiger partial charge in [0.25, 0.3) is 5.91 Å². The highest BCUT2D eigenvalue weighted by molar-refractivity contribution is 5.84. The largest absolute Gasteiger partial charge is 0.484 e. The van der Waals surface area contributed by atoms with Crippen molar-refractivity contribution < 1.29 is 18.7 Å². The highest BCUT2D eigenvalue weighted by Crippen LogP contribution is 2.33. The molecular formula is C17H21NO4. The summed E-state index contributed by atoms with van der Waals surface area (Å²) in [6, 6.07) is 5.75. The molecular weight excluding hydrogens is 282 g/mol. The Morgan fingerprint density at radius 3 is 3.05 bits per heavy atom. The smallest absolute Gasteiger partial charge is 0.258 e. The van der Waals surface area contributed by atoms with Crippen molar-refractivity contribution >= 4 is 16.9 Å². The number of hydrogen-bond acceptors (Lipinski definition) is 4. The van der Waals surface area contributed by atoms with Crippen LogP contribution < -0.4 is 10.1 Å². The van der Waals surface area contributed by atoms with Crippen LogP contribution in [0.1, 0.15) is 24.2 Å². The number of methoxy groups -OCH3 is 1. The van der Waals surface area contributed by atoms with Gasteiger partial charge in [0.2, 0.25) is 0 Å². The summed E-state index contributed by atoms with van der Waals surface area (Å²) in [4.78, 5) is 11.6. The Morgan fingerprint density at radius 1 is 1.32 bits per heavy atom. The predicted molar refractivity (Wildman–Crippen MR) is 83.2 cm³/mol. The molecule has 0 saturated carbocycles. The van der Waals surface area contributed by atoms with Gasteiger partial charge in [-0.3, -0.25) is 4.79 Å². The Labute approximate surface area is 129 Å². The van der Waals surface area contributed by atoms with Gasteiger partial charge in [0.05, 0.1) is 6.61 Å². The van der Waals surface area contributed by atoms with E-state index in [2.05, 4.69) is 5.32 Å². The van der Waals surface area contributed by atoms with Crippen LogP contribution in [0.2, 0.25) is 0 Å². The van der Waals surface area contributed by atoms with Gasteiger partial charge in [0.15, 0.2) is 6.61 Å². The Kier molecular flexibility index (Phi) is 4.63. The molecule has 1 aliphatic carbocycles. The van der Waals surface area contributed by atoms with Crippen LogP contribution in [0.15, 0.2) is 22.6 Å². The summed E-state index contributed by atoms with van der Waals surface area (Å²) < 4.78 is 16.3. The van der Waals surface area contributed by atoms with Gasteiger partial charge in [0, 0.05) is 31.0 Å². The van der Waals surface area contributed by atoms with Gasteiger partial charge in [-0.1, -0.05) is 0 Å². The minimum atomic E-state index is -0.147. The number of carbonyl (C=O) groups excluding carboxylic acids is 1. The Hall–Kier alpha value is -2.01. The predicted octanol–water partition coefficient (Wildman–Crippen LogP) is 2.45. The monoisotopic (exact) mass is 303 g/mol. The normalized spacial score (nSPS) is 13.9. The first kappa shape index (κ1) is 14.9. The van der Waals surface area contributed by atoms with Crippen molar-refractivity contribution in [1.82, 2.24) is 5.32 Å². The van der Waals surface area contributed by atoms with Crippen LogP contribution in [0.3, 0.4) is 0 Å².